The maximum absolute atomic E-state index is 11.6. The predicted octanol–water partition coefficient (Wildman–Crippen LogP) is 3.55. The summed E-state index contributed by atoms with van der Waals surface area (Å²) in [6, 6.07) is 7.00. The van der Waals surface area contributed by atoms with Gasteiger partial charge in [0.2, 0.25) is 0 Å². The number of hydrogen-bond donors (Lipinski definition) is 2. The van der Waals surface area contributed by atoms with Gasteiger partial charge < -0.3 is 9.73 Å². The van der Waals surface area contributed by atoms with Crippen LogP contribution in [0, 0.1) is 0 Å². The van der Waals surface area contributed by atoms with E-state index < -0.39 is 11.9 Å². The molecule has 0 aliphatic rings. The van der Waals surface area contributed by atoms with Crippen molar-refractivity contribution in [3.8, 4) is 0 Å². The van der Waals surface area contributed by atoms with Gasteiger partial charge in [0, 0.05) is 0 Å². The molecular formula is C12H8Cl2N2O3. The summed E-state index contributed by atoms with van der Waals surface area (Å²) >= 11 is 11.8. The molecule has 2 aromatic rings. The number of amides is 3. The summed E-state index contributed by atoms with van der Waals surface area (Å²) in [4.78, 5) is 23.2. The lowest BCUT2D eigenvalue weighted by molar-refractivity contribution is 0.0940. The summed E-state index contributed by atoms with van der Waals surface area (Å²) in [6.45, 7) is 0. The fraction of sp³-hybridized carbons (Fsp3) is 0. The fourth-order valence-corrected chi connectivity index (χ4v) is 1.83. The van der Waals surface area contributed by atoms with E-state index >= 15 is 0 Å². The van der Waals surface area contributed by atoms with Gasteiger partial charge in [0.15, 0.2) is 5.76 Å². The third-order valence-electron chi connectivity index (χ3n) is 2.17. The first-order valence-corrected chi connectivity index (χ1v) is 5.93. The molecule has 0 atom stereocenters. The number of halogens is 2. The normalized spacial score (nSPS) is 10.0. The van der Waals surface area contributed by atoms with Crippen molar-refractivity contribution >= 4 is 40.8 Å². The van der Waals surface area contributed by atoms with Gasteiger partial charge in [0.25, 0.3) is 5.91 Å². The highest BCUT2D eigenvalue weighted by Crippen LogP contribution is 2.29. The Balaban J connectivity index is 2.04. The zero-order valence-electron chi connectivity index (χ0n) is 9.44. The van der Waals surface area contributed by atoms with Crippen molar-refractivity contribution in [2.45, 2.75) is 0 Å². The fourth-order valence-electron chi connectivity index (χ4n) is 1.33. The van der Waals surface area contributed by atoms with Gasteiger partial charge in [-0.25, -0.2) is 4.79 Å². The van der Waals surface area contributed by atoms with Crippen LogP contribution in [0.1, 0.15) is 10.6 Å². The minimum atomic E-state index is -0.753. The van der Waals surface area contributed by atoms with E-state index in [0.717, 1.165) is 0 Å². The molecule has 1 aromatic carbocycles. The van der Waals surface area contributed by atoms with Crippen LogP contribution in [0.4, 0.5) is 10.5 Å². The number of anilines is 1. The number of benzene rings is 1. The molecule has 0 fully saturated rings. The van der Waals surface area contributed by atoms with E-state index in [2.05, 4.69) is 10.6 Å². The smallest absolute Gasteiger partial charge is 0.326 e. The molecule has 1 heterocycles. The number of nitrogens with one attached hydrogen (secondary N) is 2. The van der Waals surface area contributed by atoms with Gasteiger partial charge in [-0.15, -0.1) is 0 Å². The second-order valence-electron chi connectivity index (χ2n) is 3.48. The first-order valence-electron chi connectivity index (χ1n) is 5.18. The molecular weight excluding hydrogens is 291 g/mol. The molecule has 98 valence electrons. The molecule has 0 spiro atoms. The largest absolute Gasteiger partial charge is 0.459 e. The quantitative estimate of drug-likeness (QED) is 0.890. The lowest BCUT2D eigenvalue weighted by Gasteiger charge is -2.08. The van der Waals surface area contributed by atoms with E-state index in [-0.39, 0.29) is 21.5 Å². The van der Waals surface area contributed by atoms with Crippen LogP contribution < -0.4 is 10.6 Å². The minimum absolute atomic E-state index is 0.0282. The topological polar surface area (TPSA) is 71.3 Å². The molecule has 0 saturated carbocycles. The molecule has 19 heavy (non-hydrogen) atoms. The molecule has 7 heteroatoms. The first kappa shape index (κ1) is 13.5. The molecule has 0 unspecified atom stereocenters. The van der Waals surface area contributed by atoms with E-state index in [1.165, 1.54) is 18.4 Å². The number of carbonyl (C=O) groups is 2. The zero-order valence-corrected chi connectivity index (χ0v) is 11.0. The van der Waals surface area contributed by atoms with Crippen LogP contribution in [0.15, 0.2) is 41.0 Å². The number of hydrogen-bond acceptors (Lipinski definition) is 3. The van der Waals surface area contributed by atoms with E-state index in [0.29, 0.717) is 0 Å². The third kappa shape index (κ3) is 3.27. The van der Waals surface area contributed by atoms with Crippen LogP contribution in [-0.2, 0) is 0 Å². The number of imide groups is 1. The molecule has 1 aromatic heterocycles. The molecule has 0 saturated heterocycles. The van der Waals surface area contributed by atoms with Gasteiger partial charge in [-0.3, -0.25) is 10.1 Å². The molecule has 2 rings (SSSR count). The molecule has 0 radical (unpaired) electrons. The van der Waals surface area contributed by atoms with E-state index in [1.807, 2.05) is 0 Å². The van der Waals surface area contributed by atoms with Gasteiger partial charge in [-0.2, -0.15) is 0 Å². The van der Waals surface area contributed by atoms with Crippen molar-refractivity contribution in [1.29, 1.82) is 0 Å². The SMILES string of the molecule is O=C(NC(=O)c1ccco1)Nc1c(Cl)cccc1Cl. The number of rotatable bonds is 2. The van der Waals surface area contributed by atoms with Crippen LogP contribution in [-0.4, -0.2) is 11.9 Å². The van der Waals surface area contributed by atoms with Gasteiger partial charge in [-0.1, -0.05) is 29.3 Å². The lowest BCUT2D eigenvalue weighted by Crippen LogP contribution is -2.34. The molecule has 3 amide bonds. The molecule has 2 N–H and O–H groups in total. The van der Waals surface area contributed by atoms with Crippen molar-refractivity contribution in [1.82, 2.24) is 5.32 Å². The average molecular weight is 299 g/mol. The van der Waals surface area contributed by atoms with Crippen molar-refractivity contribution in [2.75, 3.05) is 5.32 Å². The number of furan rings is 1. The summed E-state index contributed by atoms with van der Waals surface area (Å²) in [6.07, 6.45) is 1.33. The van der Waals surface area contributed by atoms with Crippen molar-refractivity contribution in [3.63, 3.8) is 0 Å². The molecule has 0 bridgehead atoms. The number of urea groups is 1. The summed E-state index contributed by atoms with van der Waals surface area (Å²) in [5.74, 6) is -0.633. The maximum atomic E-state index is 11.6. The Bertz CT molecular complexity index is 591. The molecule has 0 aliphatic heterocycles. The van der Waals surface area contributed by atoms with Gasteiger partial charge in [0.1, 0.15) is 0 Å². The monoisotopic (exact) mass is 298 g/mol. The average Bonchev–Trinajstić information content (AvgIpc) is 2.88. The lowest BCUT2D eigenvalue weighted by atomic mass is 10.3. The molecule has 5 nitrogen and oxygen atoms in total. The second kappa shape index (κ2) is 5.77. The zero-order chi connectivity index (χ0) is 13.8. The summed E-state index contributed by atoms with van der Waals surface area (Å²) in [5.41, 5.74) is 0.232. The predicted molar refractivity (Wildman–Crippen MR) is 71.7 cm³/mol. The minimum Gasteiger partial charge on any atom is -0.459 e. The van der Waals surface area contributed by atoms with Crippen LogP contribution in [0.3, 0.4) is 0 Å². The van der Waals surface area contributed by atoms with Gasteiger partial charge in [-0.05, 0) is 24.3 Å². The summed E-state index contributed by atoms with van der Waals surface area (Å²) in [7, 11) is 0. The highest BCUT2D eigenvalue weighted by atomic mass is 35.5. The highest BCUT2D eigenvalue weighted by molar-refractivity contribution is 6.39. The first-order chi connectivity index (χ1) is 9.08. The number of para-hydroxylation sites is 1. The Hall–Kier alpha value is -1.98. The van der Waals surface area contributed by atoms with Crippen molar-refractivity contribution in [3.05, 3.63) is 52.4 Å². The number of carbonyl (C=O) groups excluding carboxylic acids is 2. The standard InChI is InChI=1S/C12H8Cl2N2O3/c13-7-3-1-4-8(14)10(7)15-12(18)16-11(17)9-5-2-6-19-9/h1-6H,(H2,15,16,17,18). The Morgan fingerprint density at radius 3 is 2.32 bits per heavy atom. The second-order valence-corrected chi connectivity index (χ2v) is 4.30. The van der Waals surface area contributed by atoms with Crippen LogP contribution in [0.5, 0.6) is 0 Å². The Morgan fingerprint density at radius 2 is 1.74 bits per heavy atom. The molecule has 0 aliphatic carbocycles. The van der Waals surface area contributed by atoms with Crippen LogP contribution in [0.2, 0.25) is 10.0 Å². The Kier molecular flexibility index (Phi) is 4.09. The summed E-state index contributed by atoms with van der Waals surface area (Å²) in [5, 5.41) is 5.02. The van der Waals surface area contributed by atoms with Gasteiger partial charge >= 0.3 is 6.03 Å². The Morgan fingerprint density at radius 1 is 1.05 bits per heavy atom. The maximum Gasteiger partial charge on any atom is 0.326 e. The van der Waals surface area contributed by atoms with E-state index in [1.54, 1.807) is 18.2 Å². The van der Waals surface area contributed by atoms with E-state index in [4.69, 9.17) is 27.6 Å². The van der Waals surface area contributed by atoms with Crippen molar-refractivity contribution < 1.29 is 14.0 Å². The van der Waals surface area contributed by atoms with Crippen LogP contribution >= 0.6 is 23.2 Å². The van der Waals surface area contributed by atoms with Gasteiger partial charge in [0.05, 0.1) is 22.0 Å². The van der Waals surface area contributed by atoms with Crippen LogP contribution in [0.25, 0.3) is 0 Å². The van der Waals surface area contributed by atoms with E-state index in [9.17, 15) is 9.59 Å². The Labute approximate surface area is 118 Å². The van der Waals surface area contributed by atoms with Crippen molar-refractivity contribution in [2.24, 2.45) is 0 Å². The summed E-state index contributed by atoms with van der Waals surface area (Å²) < 4.78 is 4.85. The highest BCUT2D eigenvalue weighted by Gasteiger charge is 2.14. The third-order valence-corrected chi connectivity index (χ3v) is 2.80.